The lowest BCUT2D eigenvalue weighted by Crippen LogP contribution is -2.50. The zero-order valence-corrected chi connectivity index (χ0v) is 11.9. The van der Waals surface area contributed by atoms with Crippen LogP contribution in [0.5, 0.6) is 0 Å². The van der Waals surface area contributed by atoms with Gasteiger partial charge in [-0.2, -0.15) is 0 Å². The summed E-state index contributed by atoms with van der Waals surface area (Å²) in [5, 5.41) is 8.87. The van der Waals surface area contributed by atoms with Gasteiger partial charge in [-0.1, -0.05) is 13.0 Å². The van der Waals surface area contributed by atoms with Crippen molar-refractivity contribution in [2.75, 3.05) is 20.1 Å². The summed E-state index contributed by atoms with van der Waals surface area (Å²) in [6.07, 6.45) is 1.06. The molecule has 20 heavy (non-hydrogen) atoms. The molecule has 0 radical (unpaired) electrons. The van der Waals surface area contributed by atoms with Gasteiger partial charge in [0.05, 0.1) is 0 Å². The van der Waals surface area contributed by atoms with Gasteiger partial charge in [0.15, 0.2) is 0 Å². The molecule has 0 spiro atoms. The van der Waals surface area contributed by atoms with Gasteiger partial charge in [-0.3, -0.25) is 9.59 Å². The number of piperidine rings is 1. The number of nitrogens with one attached hydrogen (secondary N) is 3. The van der Waals surface area contributed by atoms with Gasteiger partial charge in [-0.05, 0) is 37.1 Å². The van der Waals surface area contributed by atoms with Crippen LogP contribution in [0.3, 0.4) is 0 Å². The lowest BCUT2D eigenvalue weighted by atomic mass is 9.94. The summed E-state index contributed by atoms with van der Waals surface area (Å²) in [5.74, 6) is 0.144. The van der Waals surface area contributed by atoms with E-state index in [9.17, 15) is 9.59 Å². The largest absolute Gasteiger partial charge is 0.355 e. The fourth-order valence-corrected chi connectivity index (χ4v) is 2.38. The molecule has 1 saturated heterocycles. The molecular weight excluding hydrogens is 254 g/mol. The first-order valence-electron chi connectivity index (χ1n) is 6.95. The minimum absolute atomic E-state index is 0.128. The van der Waals surface area contributed by atoms with Crippen molar-refractivity contribution in [1.29, 1.82) is 0 Å². The SMILES string of the molecule is CNC(=O)c1cccc(C(=O)NC2CNCCC2C)c1. The van der Waals surface area contributed by atoms with E-state index < -0.39 is 0 Å². The van der Waals surface area contributed by atoms with Crippen LogP contribution in [0.2, 0.25) is 0 Å². The number of benzene rings is 1. The van der Waals surface area contributed by atoms with Crippen LogP contribution in [-0.2, 0) is 0 Å². The third-order valence-electron chi connectivity index (χ3n) is 3.76. The fraction of sp³-hybridized carbons (Fsp3) is 0.467. The van der Waals surface area contributed by atoms with Crippen LogP contribution in [0.1, 0.15) is 34.1 Å². The molecule has 1 fully saturated rings. The summed E-state index contributed by atoms with van der Waals surface area (Å²) >= 11 is 0. The zero-order chi connectivity index (χ0) is 14.5. The van der Waals surface area contributed by atoms with Crippen LogP contribution in [0.15, 0.2) is 24.3 Å². The van der Waals surface area contributed by atoms with E-state index in [0.717, 1.165) is 19.5 Å². The quantitative estimate of drug-likeness (QED) is 0.763. The predicted octanol–water partition coefficient (Wildman–Crippen LogP) is 0.774. The number of rotatable bonds is 3. The zero-order valence-electron chi connectivity index (χ0n) is 11.9. The number of hydrogen-bond acceptors (Lipinski definition) is 3. The van der Waals surface area contributed by atoms with Crippen molar-refractivity contribution in [3.63, 3.8) is 0 Å². The maximum Gasteiger partial charge on any atom is 0.251 e. The second kappa shape index (κ2) is 6.52. The van der Waals surface area contributed by atoms with Crippen LogP contribution in [0.4, 0.5) is 0 Å². The van der Waals surface area contributed by atoms with Crippen LogP contribution in [-0.4, -0.2) is 38.0 Å². The van der Waals surface area contributed by atoms with E-state index in [0.29, 0.717) is 17.0 Å². The molecule has 2 atom stereocenters. The standard InChI is InChI=1S/C15H21N3O2/c1-10-6-7-17-9-13(10)18-15(20)12-5-3-4-11(8-12)14(19)16-2/h3-5,8,10,13,17H,6-7,9H2,1-2H3,(H,16,19)(H,18,20). The molecule has 108 valence electrons. The van der Waals surface area contributed by atoms with Gasteiger partial charge in [0.1, 0.15) is 0 Å². The third kappa shape index (κ3) is 3.36. The first-order valence-corrected chi connectivity index (χ1v) is 6.95. The predicted molar refractivity (Wildman–Crippen MR) is 77.7 cm³/mol. The minimum Gasteiger partial charge on any atom is -0.355 e. The molecule has 2 amide bonds. The van der Waals surface area contributed by atoms with Crippen LogP contribution < -0.4 is 16.0 Å². The Labute approximate surface area is 119 Å². The van der Waals surface area contributed by atoms with Crippen molar-refractivity contribution in [3.8, 4) is 0 Å². The number of carbonyl (C=O) groups is 2. The van der Waals surface area contributed by atoms with Gasteiger partial charge >= 0.3 is 0 Å². The molecule has 3 N–H and O–H groups in total. The van der Waals surface area contributed by atoms with E-state index in [1.54, 1.807) is 31.3 Å². The minimum atomic E-state index is -0.188. The van der Waals surface area contributed by atoms with Gasteiger partial charge < -0.3 is 16.0 Å². The number of carbonyl (C=O) groups excluding carboxylic acids is 2. The van der Waals surface area contributed by atoms with Gasteiger partial charge in [-0.15, -0.1) is 0 Å². The lowest BCUT2D eigenvalue weighted by Gasteiger charge is -2.30. The lowest BCUT2D eigenvalue weighted by molar-refractivity contribution is 0.0915. The molecule has 5 heteroatoms. The Morgan fingerprint density at radius 3 is 2.60 bits per heavy atom. The summed E-state index contributed by atoms with van der Waals surface area (Å²) in [6, 6.07) is 6.90. The van der Waals surface area contributed by atoms with Gasteiger partial charge in [0.2, 0.25) is 0 Å². The normalized spacial score (nSPS) is 22.1. The fourth-order valence-electron chi connectivity index (χ4n) is 2.38. The monoisotopic (exact) mass is 275 g/mol. The summed E-state index contributed by atoms with van der Waals surface area (Å²) in [7, 11) is 1.57. The van der Waals surface area contributed by atoms with E-state index >= 15 is 0 Å². The highest BCUT2D eigenvalue weighted by Gasteiger charge is 2.23. The molecule has 1 aromatic carbocycles. The molecule has 0 aromatic heterocycles. The molecule has 1 aliphatic rings. The van der Waals surface area contributed by atoms with Crippen molar-refractivity contribution in [2.45, 2.75) is 19.4 Å². The van der Waals surface area contributed by atoms with Crippen molar-refractivity contribution >= 4 is 11.8 Å². The molecule has 1 aliphatic heterocycles. The Morgan fingerprint density at radius 1 is 1.25 bits per heavy atom. The Morgan fingerprint density at radius 2 is 1.95 bits per heavy atom. The maximum absolute atomic E-state index is 12.3. The highest BCUT2D eigenvalue weighted by atomic mass is 16.2. The van der Waals surface area contributed by atoms with Crippen LogP contribution in [0, 0.1) is 5.92 Å². The van der Waals surface area contributed by atoms with Crippen molar-refractivity contribution in [1.82, 2.24) is 16.0 Å². The Balaban J connectivity index is 2.07. The Hall–Kier alpha value is -1.88. The molecule has 0 bridgehead atoms. The molecule has 2 unspecified atom stereocenters. The molecule has 2 rings (SSSR count). The summed E-state index contributed by atoms with van der Waals surface area (Å²) in [5.41, 5.74) is 1.01. The number of amides is 2. The molecular formula is C15H21N3O2. The molecule has 0 aliphatic carbocycles. The van der Waals surface area contributed by atoms with Crippen LogP contribution >= 0.6 is 0 Å². The van der Waals surface area contributed by atoms with E-state index in [4.69, 9.17) is 0 Å². The summed E-state index contributed by atoms with van der Waals surface area (Å²) in [4.78, 5) is 23.8. The molecule has 1 aromatic rings. The van der Waals surface area contributed by atoms with E-state index in [1.165, 1.54) is 0 Å². The Bertz CT molecular complexity index is 502. The van der Waals surface area contributed by atoms with Gasteiger partial charge in [0.25, 0.3) is 11.8 Å². The van der Waals surface area contributed by atoms with Crippen LogP contribution in [0.25, 0.3) is 0 Å². The van der Waals surface area contributed by atoms with E-state index in [-0.39, 0.29) is 17.9 Å². The third-order valence-corrected chi connectivity index (χ3v) is 3.76. The topological polar surface area (TPSA) is 70.2 Å². The highest BCUT2D eigenvalue weighted by molar-refractivity contribution is 5.99. The van der Waals surface area contributed by atoms with E-state index in [1.807, 2.05) is 0 Å². The maximum atomic E-state index is 12.3. The van der Waals surface area contributed by atoms with Crippen molar-refractivity contribution < 1.29 is 9.59 Å². The molecule has 0 saturated carbocycles. The molecule has 1 heterocycles. The first kappa shape index (κ1) is 14.5. The first-order chi connectivity index (χ1) is 9.61. The number of hydrogen-bond donors (Lipinski definition) is 3. The van der Waals surface area contributed by atoms with E-state index in [2.05, 4.69) is 22.9 Å². The van der Waals surface area contributed by atoms with Gasteiger partial charge in [0, 0.05) is 30.8 Å². The van der Waals surface area contributed by atoms with Crippen molar-refractivity contribution in [3.05, 3.63) is 35.4 Å². The second-order valence-corrected chi connectivity index (χ2v) is 5.21. The summed E-state index contributed by atoms with van der Waals surface area (Å²) in [6.45, 7) is 3.94. The second-order valence-electron chi connectivity index (χ2n) is 5.21. The smallest absolute Gasteiger partial charge is 0.251 e. The van der Waals surface area contributed by atoms with Crippen molar-refractivity contribution in [2.24, 2.45) is 5.92 Å². The highest BCUT2D eigenvalue weighted by Crippen LogP contribution is 2.12. The average molecular weight is 275 g/mol. The van der Waals surface area contributed by atoms with Gasteiger partial charge in [-0.25, -0.2) is 0 Å². The Kier molecular flexibility index (Phi) is 4.74. The molecule has 5 nitrogen and oxygen atoms in total. The summed E-state index contributed by atoms with van der Waals surface area (Å²) < 4.78 is 0. The average Bonchev–Trinajstić information content (AvgIpc) is 2.49.